The van der Waals surface area contributed by atoms with E-state index in [4.69, 9.17) is 14.2 Å². The van der Waals surface area contributed by atoms with Gasteiger partial charge in [0.1, 0.15) is 23.1 Å². The molecule has 6 rings (SSSR count). The minimum atomic E-state index is -1.21. The SMILES string of the molecule is CCOc1ccc(NC(=O)[C@@H]2[C@@H]3C=C[C@]4(O3)[C@@H]2C(=O)N(Cc2ccc(OC)cc2)[C@H]4C(=O)N[C@H]2CCCC[C@H]2C)cc1. The molecule has 3 heterocycles. The first-order chi connectivity index (χ1) is 20.3. The normalized spacial score (nSPS) is 31.1. The topological polar surface area (TPSA) is 106 Å². The van der Waals surface area contributed by atoms with Crippen molar-refractivity contribution in [2.75, 3.05) is 19.0 Å². The number of nitrogens with zero attached hydrogens (tertiary/aromatic N) is 1. The quantitative estimate of drug-likeness (QED) is 0.438. The van der Waals surface area contributed by atoms with Crippen LogP contribution in [0, 0.1) is 17.8 Å². The molecule has 2 saturated heterocycles. The van der Waals surface area contributed by atoms with E-state index in [9.17, 15) is 14.4 Å². The van der Waals surface area contributed by atoms with Crippen LogP contribution in [-0.2, 0) is 25.7 Å². The third kappa shape index (κ3) is 4.93. The number of rotatable bonds is 9. The van der Waals surface area contributed by atoms with Crippen LogP contribution >= 0.6 is 0 Å². The first-order valence-corrected chi connectivity index (χ1v) is 15.0. The molecule has 4 aliphatic rings. The zero-order chi connectivity index (χ0) is 29.4. The highest BCUT2D eigenvalue weighted by molar-refractivity contribution is 6.02. The number of hydrogen-bond donors (Lipinski definition) is 2. The van der Waals surface area contributed by atoms with Crippen molar-refractivity contribution in [3.63, 3.8) is 0 Å². The summed E-state index contributed by atoms with van der Waals surface area (Å²) in [6, 6.07) is 13.7. The molecule has 9 heteroatoms. The van der Waals surface area contributed by atoms with Gasteiger partial charge in [-0.3, -0.25) is 14.4 Å². The number of anilines is 1. The summed E-state index contributed by atoms with van der Waals surface area (Å²) in [4.78, 5) is 43.7. The molecule has 42 heavy (non-hydrogen) atoms. The molecular weight excluding hydrogens is 534 g/mol. The molecule has 1 saturated carbocycles. The van der Waals surface area contributed by atoms with Gasteiger partial charge in [-0.2, -0.15) is 0 Å². The number of benzene rings is 2. The Labute approximate surface area is 246 Å². The number of carbonyl (C=O) groups excluding carboxylic acids is 3. The van der Waals surface area contributed by atoms with E-state index >= 15 is 0 Å². The number of likely N-dealkylation sites (tertiary alicyclic amines) is 1. The van der Waals surface area contributed by atoms with Crippen molar-refractivity contribution >= 4 is 23.4 Å². The molecule has 0 unspecified atom stereocenters. The van der Waals surface area contributed by atoms with Crippen LogP contribution < -0.4 is 20.1 Å². The van der Waals surface area contributed by atoms with Gasteiger partial charge in [0.2, 0.25) is 17.7 Å². The van der Waals surface area contributed by atoms with Crippen molar-refractivity contribution in [3.8, 4) is 11.5 Å². The lowest BCUT2D eigenvalue weighted by Gasteiger charge is -2.36. The maximum absolute atomic E-state index is 14.3. The molecule has 0 radical (unpaired) electrons. The molecule has 0 aromatic heterocycles. The monoisotopic (exact) mass is 573 g/mol. The van der Waals surface area contributed by atoms with Gasteiger partial charge in [0, 0.05) is 18.3 Å². The van der Waals surface area contributed by atoms with E-state index in [1.165, 1.54) is 0 Å². The van der Waals surface area contributed by atoms with Gasteiger partial charge in [-0.15, -0.1) is 0 Å². The lowest BCUT2D eigenvalue weighted by molar-refractivity contribution is -0.142. The zero-order valence-electron chi connectivity index (χ0n) is 24.4. The summed E-state index contributed by atoms with van der Waals surface area (Å²) in [6.07, 6.45) is 7.29. The van der Waals surface area contributed by atoms with Crippen LogP contribution in [-0.4, -0.2) is 60.1 Å². The zero-order valence-corrected chi connectivity index (χ0v) is 24.4. The number of methoxy groups -OCH3 is 1. The third-order valence-electron chi connectivity index (χ3n) is 9.31. The van der Waals surface area contributed by atoms with Gasteiger partial charge >= 0.3 is 0 Å². The molecule has 7 atom stereocenters. The van der Waals surface area contributed by atoms with Gasteiger partial charge < -0.3 is 29.7 Å². The van der Waals surface area contributed by atoms with Gasteiger partial charge in [-0.25, -0.2) is 0 Å². The highest BCUT2D eigenvalue weighted by Crippen LogP contribution is 2.55. The Morgan fingerprint density at radius 1 is 1.02 bits per heavy atom. The Morgan fingerprint density at radius 3 is 2.43 bits per heavy atom. The molecule has 2 aromatic rings. The Balaban J connectivity index is 1.29. The van der Waals surface area contributed by atoms with Gasteiger partial charge in [0.15, 0.2) is 0 Å². The lowest BCUT2D eigenvalue weighted by Crippen LogP contribution is -2.57. The highest BCUT2D eigenvalue weighted by Gasteiger charge is 2.72. The number of carbonyl (C=O) groups is 3. The molecule has 3 fully saturated rings. The number of ether oxygens (including phenoxy) is 3. The van der Waals surface area contributed by atoms with Gasteiger partial charge in [0.25, 0.3) is 0 Å². The molecular formula is C33H39N3O6. The van der Waals surface area contributed by atoms with Crippen molar-refractivity contribution in [1.82, 2.24) is 10.2 Å². The molecule has 2 aromatic carbocycles. The van der Waals surface area contributed by atoms with Crippen LogP contribution in [0.15, 0.2) is 60.7 Å². The van der Waals surface area contributed by atoms with E-state index in [1.807, 2.05) is 43.3 Å². The maximum Gasteiger partial charge on any atom is 0.246 e. The summed E-state index contributed by atoms with van der Waals surface area (Å²) in [7, 11) is 1.60. The van der Waals surface area contributed by atoms with E-state index in [0.29, 0.717) is 29.7 Å². The van der Waals surface area contributed by atoms with Crippen LogP contribution in [0.25, 0.3) is 0 Å². The molecule has 1 aliphatic carbocycles. The summed E-state index contributed by atoms with van der Waals surface area (Å²) >= 11 is 0. The largest absolute Gasteiger partial charge is 0.497 e. The number of hydrogen-bond acceptors (Lipinski definition) is 6. The molecule has 2 N–H and O–H groups in total. The average Bonchev–Trinajstić information content (AvgIpc) is 3.63. The molecule has 222 valence electrons. The summed E-state index contributed by atoms with van der Waals surface area (Å²) in [5.74, 6) is -0.586. The highest BCUT2D eigenvalue weighted by atomic mass is 16.5. The van der Waals surface area contributed by atoms with E-state index < -0.39 is 29.6 Å². The predicted molar refractivity (Wildman–Crippen MR) is 157 cm³/mol. The predicted octanol–water partition coefficient (Wildman–Crippen LogP) is 4.08. The number of nitrogens with one attached hydrogen (secondary N) is 2. The standard InChI is InChI=1S/C33H39N3O6/c1-4-41-24-15-11-22(12-16-24)34-30(37)27-26-17-18-33(42-26)28(27)32(39)36(19-21-9-13-23(40-3)14-10-21)29(33)31(38)35-25-8-6-5-7-20(25)2/h9-18,20,25-29H,4-8,19H2,1-3H3,(H,34,37)(H,35,38)/t20-,25+,26+,27-,28+,29+,33+/m1/s1. The number of fused-ring (bicyclic) bond motifs is 1. The molecule has 2 bridgehead atoms. The van der Waals surface area contributed by atoms with Gasteiger partial charge in [-0.05, 0) is 67.6 Å². The summed E-state index contributed by atoms with van der Waals surface area (Å²) < 4.78 is 17.3. The van der Waals surface area contributed by atoms with E-state index in [0.717, 1.165) is 31.2 Å². The van der Waals surface area contributed by atoms with E-state index in [-0.39, 0.29) is 30.3 Å². The van der Waals surface area contributed by atoms with Gasteiger partial charge in [-0.1, -0.05) is 44.1 Å². The van der Waals surface area contributed by atoms with E-state index in [2.05, 4.69) is 17.6 Å². The maximum atomic E-state index is 14.3. The van der Waals surface area contributed by atoms with Crippen LogP contribution in [0.5, 0.6) is 11.5 Å². The second-order valence-corrected chi connectivity index (χ2v) is 11.8. The Morgan fingerprint density at radius 2 is 1.74 bits per heavy atom. The Bertz CT molecular complexity index is 1360. The van der Waals surface area contributed by atoms with Crippen LogP contribution in [0.2, 0.25) is 0 Å². The van der Waals surface area contributed by atoms with Crippen LogP contribution in [0.4, 0.5) is 5.69 Å². The third-order valence-corrected chi connectivity index (χ3v) is 9.31. The van der Waals surface area contributed by atoms with Crippen molar-refractivity contribution in [1.29, 1.82) is 0 Å². The fraction of sp³-hybridized carbons (Fsp3) is 0.485. The average molecular weight is 574 g/mol. The molecule has 3 aliphatic heterocycles. The van der Waals surface area contributed by atoms with Crippen molar-refractivity contribution in [2.45, 2.75) is 69.9 Å². The first-order valence-electron chi connectivity index (χ1n) is 15.0. The minimum Gasteiger partial charge on any atom is -0.497 e. The number of amides is 3. The fourth-order valence-electron chi connectivity index (χ4n) is 7.18. The van der Waals surface area contributed by atoms with Crippen LogP contribution in [0.3, 0.4) is 0 Å². The fourth-order valence-corrected chi connectivity index (χ4v) is 7.18. The van der Waals surface area contributed by atoms with E-state index in [1.54, 1.807) is 36.3 Å². The summed E-state index contributed by atoms with van der Waals surface area (Å²) in [5.41, 5.74) is 0.250. The Kier molecular flexibility index (Phi) is 7.70. The van der Waals surface area contributed by atoms with Gasteiger partial charge in [0.05, 0.1) is 31.7 Å². The molecule has 9 nitrogen and oxygen atoms in total. The van der Waals surface area contributed by atoms with Crippen LogP contribution in [0.1, 0.15) is 45.1 Å². The first kappa shape index (κ1) is 28.3. The summed E-state index contributed by atoms with van der Waals surface area (Å²) in [6.45, 7) is 4.84. The smallest absolute Gasteiger partial charge is 0.246 e. The molecule has 1 spiro atoms. The van der Waals surface area contributed by atoms with Crippen molar-refractivity contribution < 1.29 is 28.6 Å². The summed E-state index contributed by atoms with van der Waals surface area (Å²) in [5, 5.41) is 6.24. The van der Waals surface area contributed by atoms with Crippen molar-refractivity contribution in [2.24, 2.45) is 17.8 Å². The van der Waals surface area contributed by atoms with Crippen molar-refractivity contribution in [3.05, 3.63) is 66.2 Å². The second kappa shape index (κ2) is 11.4. The minimum absolute atomic E-state index is 0.0426. The second-order valence-electron chi connectivity index (χ2n) is 11.8. The lowest BCUT2D eigenvalue weighted by atomic mass is 9.74. The molecule has 3 amide bonds. The Hall–Kier alpha value is -3.85.